The van der Waals surface area contributed by atoms with E-state index in [2.05, 4.69) is 44.9 Å². The second-order valence-electron chi connectivity index (χ2n) is 8.68. The van der Waals surface area contributed by atoms with E-state index in [-0.39, 0.29) is 22.9 Å². The molecule has 2 aliphatic rings. The van der Waals surface area contributed by atoms with Crippen LogP contribution in [0.2, 0.25) is 0 Å². The number of hydrogen-bond acceptors (Lipinski definition) is 4. The first-order valence-corrected chi connectivity index (χ1v) is 10.7. The van der Waals surface area contributed by atoms with Crippen LogP contribution in [-0.4, -0.2) is 52.4 Å². The normalized spacial score (nSPS) is 21.6. The highest BCUT2D eigenvalue weighted by Crippen LogP contribution is 2.43. The van der Waals surface area contributed by atoms with Crippen molar-refractivity contribution in [1.29, 1.82) is 0 Å². The number of nitrogens with zero attached hydrogens (tertiary/aromatic N) is 3. The molecule has 156 valence electrons. The van der Waals surface area contributed by atoms with Crippen LogP contribution in [0.3, 0.4) is 0 Å². The van der Waals surface area contributed by atoms with Gasteiger partial charge in [-0.15, -0.1) is 0 Å². The van der Waals surface area contributed by atoms with E-state index >= 15 is 0 Å². The molecule has 0 saturated carbocycles. The molecule has 2 amide bonds. The first-order chi connectivity index (χ1) is 13.5. The fourth-order valence-corrected chi connectivity index (χ4v) is 4.85. The van der Waals surface area contributed by atoms with E-state index in [1.54, 1.807) is 6.08 Å². The lowest BCUT2D eigenvalue weighted by Gasteiger charge is -2.45. The Bertz CT molecular complexity index is 891. The van der Waals surface area contributed by atoms with Gasteiger partial charge in [-0.3, -0.25) is 19.4 Å². The number of anilines is 1. The summed E-state index contributed by atoms with van der Waals surface area (Å²) in [5.74, 6) is -0.218. The van der Waals surface area contributed by atoms with Crippen LogP contribution in [0.1, 0.15) is 63.6 Å². The van der Waals surface area contributed by atoms with Crippen LogP contribution < -0.4 is 4.90 Å². The molecule has 0 aliphatic carbocycles. The molecule has 2 aliphatic heterocycles. The summed E-state index contributed by atoms with van der Waals surface area (Å²) in [6.45, 7) is 13.4. The molecule has 1 atom stereocenters. The number of thiocarbonyl (C=S) groups is 1. The van der Waals surface area contributed by atoms with Crippen molar-refractivity contribution in [2.45, 2.75) is 59.4 Å². The number of hydrogen-bond donors (Lipinski definition) is 0. The van der Waals surface area contributed by atoms with Gasteiger partial charge in [-0.2, -0.15) is 0 Å². The second kappa shape index (κ2) is 7.56. The molecule has 3 rings (SSSR count). The Morgan fingerprint density at radius 3 is 2.21 bits per heavy atom. The number of amides is 2. The second-order valence-corrected chi connectivity index (χ2v) is 9.05. The maximum absolute atomic E-state index is 13.0. The molecular weight excluding hydrogens is 382 g/mol. The van der Waals surface area contributed by atoms with Crippen LogP contribution in [-0.2, 0) is 9.59 Å². The molecule has 0 unspecified atom stereocenters. The third kappa shape index (κ3) is 3.48. The van der Waals surface area contributed by atoms with Gasteiger partial charge in [0, 0.05) is 31.4 Å². The van der Waals surface area contributed by atoms with Crippen molar-refractivity contribution in [3.63, 3.8) is 0 Å². The minimum Gasteiger partial charge on any atom is -0.369 e. The molecule has 2 heterocycles. The standard InChI is InChI=1S/C23H31N3O2S/c1-8-25-20(27)18(21(28)26(9-2)22(25)29)12-16-11-17-15(4)13-23(5,6)24(7)19(17)10-14(16)3/h10-12,15H,8-9,13H2,1-7H3/t15-/m0/s1. The van der Waals surface area contributed by atoms with Gasteiger partial charge in [0.2, 0.25) is 0 Å². The van der Waals surface area contributed by atoms with E-state index in [1.165, 1.54) is 21.1 Å². The average Bonchev–Trinajstić information content (AvgIpc) is 2.64. The zero-order valence-corrected chi connectivity index (χ0v) is 19.3. The predicted molar refractivity (Wildman–Crippen MR) is 122 cm³/mol. The van der Waals surface area contributed by atoms with Gasteiger partial charge in [0.15, 0.2) is 5.11 Å². The quantitative estimate of drug-likeness (QED) is 0.425. The zero-order chi connectivity index (χ0) is 21.7. The number of aryl methyl sites for hydroxylation is 1. The molecule has 0 spiro atoms. The third-order valence-electron chi connectivity index (χ3n) is 6.37. The Hall–Kier alpha value is -2.21. The van der Waals surface area contributed by atoms with Crippen LogP contribution in [0, 0.1) is 6.92 Å². The average molecular weight is 414 g/mol. The third-order valence-corrected chi connectivity index (χ3v) is 6.81. The molecule has 6 heteroatoms. The summed E-state index contributed by atoms with van der Waals surface area (Å²) < 4.78 is 0. The minimum absolute atomic E-state index is 0.0904. The summed E-state index contributed by atoms with van der Waals surface area (Å²) in [7, 11) is 2.13. The van der Waals surface area contributed by atoms with Gasteiger partial charge in [-0.25, -0.2) is 0 Å². The first-order valence-electron chi connectivity index (χ1n) is 10.3. The number of carbonyl (C=O) groups is 2. The smallest absolute Gasteiger partial charge is 0.265 e. The van der Waals surface area contributed by atoms with Crippen LogP contribution in [0.25, 0.3) is 6.08 Å². The molecular formula is C23H31N3O2S. The molecule has 0 N–H and O–H groups in total. The lowest BCUT2D eigenvalue weighted by atomic mass is 9.79. The number of carbonyl (C=O) groups excluding carboxylic acids is 2. The maximum Gasteiger partial charge on any atom is 0.265 e. The minimum atomic E-state index is -0.310. The van der Waals surface area contributed by atoms with Crippen LogP contribution >= 0.6 is 12.2 Å². The molecule has 0 radical (unpaired) electrons. The number of likely N-dealkylation sites (N-methyl/N-ethyl adjacent to an activating group) is 2. The monoisotopic (exact) mass is 413 g/mol. The van der Waals surface area contributed by atoms with E-state index in [1.807, 2.05) is 20.8 Å². The van der Waals surface area contributed by atoms with Crippen LogP contribution in [0.4, 0.5) is 5.69 Å². The van der Waals surface area contributed by atoms with Gasteiger partial charge < -0.3 is 4.90 Å². The maximum atomic E-state index is 13.0. The Kier molecular flexibility index (Phi) is 5.60. The summed E-state index contributed by atoms with van der Waals surface area (Å²) in [4.78, 5) is 31.2. The largest absolute Gasteiger partial charge is 0.369 e. The van der Waals surface area contributed by atoms with Crippen molar-refractivity contribution in [3.05, 3.63) is 34.4 Å². The fourth-order valence-electron chi connectivity index (χ4n) is 4.43. The molecule has 1 fully saturated rings. The zero-order valence-electron chi connectivity index (χ0n) is 18.5. The van der Waals surface area contributed by atoms with Crippen molar-refractivity contribution in [3.8, 4) is 0 Å². The molecule has 0 bridgehead atoms. The molecule has 5 nitrogen and oxygen atoms in total. The molecule has 1 aromatic carbocycles. The number of benzene rings is 1. The lowest BCUT2D eigenvalue weighted by molar-refractivity contribution is -0.133. The summed E-state index contributed by atoms with van der Waals surface area (Å²) >= 11 is 5.35. The van der Waals surface area contributed by atoms with Crippen molar-refractivity contribution >= 4 is 40.9 Å². The Balaban J connectivity index is 2.11. The molecule has 29 heavy (non-hydrogen) atoms. The Morgan fingerprint density at radius 1 is 1.14 bits per heavy atom. The molecule has 1 saturated heterocycles. The van der Waals surface area contributed by atoms with E-state index in [0.29, 0.717) is 24.1 Å². The Labute approximate surface area is 179 Å². The molecule has 1 aromatic rings. The van der Waals surface area contributed by atoms with Gasteiger partial charge >= 0.3 is 0 Å². The van der Waals surface area contributed by atoms with Gasteiger partial charge in [-0.1, -0.05) is 6.92 Å². The van der Waals surface area contributed by atoms with Gasteiger partial charge in [0.1, 0.15) is 5.57 Å². The topological polar surface area (TPSA) is 43.9 Å². The SMILES string of the molecule is CCN1C(=O)C(=Cc2cc3c(cc2C)N(C)C(C)(C)C[C@@H]3C)C(=O)N(CC)C1=S. The first kappa shape index (κ1) is 21.5. The summed E-state index contributed by atoms with van der Waals surface area (Å²) in [6.07, 6.45) is 2.80. The van der Waals surface area contributed by atoms with E-state index in [0.717, 1.165) is 17.5 Å². The summed E-state index contributed by atoms with van der Waals surface area (Å²) in [6, 6.07) is 4.32. The van der Waals surface area contributed by atoms with Crippen molar-refractivity contribution in [2.24, 2.45) is 0 Å². The van der Waals surface area contributed by atoms with Gasteiger partial charge in [0.25, 0.3) is 11.8 Å². The summed E-state index contributed by atoms with van der Waals surface area (Å²) in [5.41, 5.74) is 4.72. The van der Waals surface area contributed by atoms with E-state index in [4.69, 9.17) is 12.2 Å². The molecule has 0 aromatic heterocycles. The predicted octanol–water partition coefficient (Wildman–Crippen LogP) is 4.10. The van der Waals surface area contributed by atoms with Gasteiger partial charge in [0.05, 0.1) is 0 Å². The van der Waals surface area contributed by atoms with Gasteiger partial charge in [-0.05, 0) is 94.1 Å². The van der Waals surface area contributed by atoms with E-state index in [9.17, 15) is 9.59 Å². The fraction of sp³-hybridized carbons (Fsp3) is 0.522. The highest BCUT2D eigenvalue weighted by Gasteiger charge is 2.38. The van der Waals surface area contributed by atoms with Crippen molar-refractivity contribution in [1.82, 2.24) is 9.80 Å². The summed E-state index contributed by atoms with van der Waals surface area (Å²) in [5, 5.41) is 0.293. The van der Waals surface area contributed by atoms with E-state index < -0.39 is 0 Å². The van der Waals surface area contributed by atoms with Crippen molar-refractivity contribution in [2.75, 3.05) is 25.0 Å². The highest BCUT2D eigenvalue weighted by atomic mass is 32.1. The lowest BCUT2D eigenvalue weighted by Crippen LogP contribution is -2.55. The number of rotatable bonds is 3. The number of fused-ring (bicyclic) bond motifs is 1. The van der Waals surface area contributed by atoms with Crippen LogP contribution in [0.15, 0.2) is 17.7 Å². The van der Waals surface area contributed by atoms with Crippen molar-refractivity contribution < 1.29 is 9.59 Å². The Morgan fingerprint density at radius 2 is 1.69 bits per heavy atom. The van der Waals surface area contributed by atoms with Crippen LogP contribution in [0.5, 0.6) is 0 Å². The highest BCUT2D eigenvalue weighted by molar-refractivity contribution is 7.80.